The molecule has 1 fully saturated rings. The highest BCUT2D eigenvalue weighted by molar-refractivity contribution is 5.87. The Morgan fingerprint density at radius 3 is 2.31 bits per heavy atom. The van der Waals surface area contributed by atoms with Gasteiger partial charge in [-0.05, 0) is 66.9 Å². The number of carbonyl (C=O) groups is 2. The van der Waals surface area contributed by atoms with E-state index in [-0.39, 0.29) is 12.0 Å². The number of esters is 1. The Morgan fingerprint density at radius 1 is 1.27 bits per heavy atom. The number of hydrogen-bond acceptors (Lipinski definition) is 5. The molecule has 6 heteroatoms. The second-order valence-electron chi connectivity index (χ2n) is 8.65. The Morgan fingerprint density at radius 2 is 1.85 bits per heavy atom. The van der Waals surface area contributed by atoms with Crippen molar-refractivity contribution in [3.05, 3.63) is 11.6 Å². The Labute approximate surface area is 157 Å². The van der Waals surface area contributed by atoms with Gasteiger partial charge in [-0.25, -0.2) is 9.59 Å². The molecule has 1 aliphatic rings. The summed E-state index contributed by atoms with van der Waals surface area (Å²) in [5.74, 6) is -0.0193. The molecule has 0 N–H and O–H groups in total. The van der Waals surface area contributed by atoms with Gasteiger partial charge in [0, 0.05) is 5.57 Å². The van der Waals surface area contributed by atoms with E-state index in [0.717, 1.165) is 6.42 Å². The minimum Gasteiger partial charge on any atom is -0.463 e. The standard InChI is InChI=1S/C20H35NO5/c1-10-24-17(22)14(4)12-16-15(11-13(2)3)21(20(8,9)25-16)18(23)26-19(5,6)7/h12-13,15-16H,10-11H2,1-9H3. The molecule has 0 saturated carbocycles. The van der Waals surface area contributed by atoms with Crippen molar-refractivity contribution < 1.29 is 23.8 Å². The summed E-state index contributed by atoms with van der Waals surface area (Å²) in [7, 11) is 0. The van der Waals surface area contributed by atoms with Crippen LogP contribution in [0.3, 0.4) is 0 Å². The van der Waals surface area contributed by atoms with Crippen molar-refractivity contribution in [1.29, 1.82) is 0 Å². The fourth-order valence-electron chi connectivity index (χ4n) is 3.11. The molecule has 1 saturated heterocycles. The third kappa shape index (κ3) is 6.01. The van der Waals surface area contributed by atoms with Crippen LogP contribution < -0.4 is 0 Å². The van der Waals surface area contributed by atoms with Gasteiger partial charge in [0.1, 0.15) is 11.3 Å². The number of amides is 1. The summed E-state index contributed by atoms with van der Waals surface area (Å²) in [6.45, 7) is 17.2. The topological polar surface area (TPSA) is 65.1 Å². The first-order chi connectivity index (χ1) is 11.8. The fourth-order valence-corrected chi connectivity index (χ4v) is 3.11. The monoisotopic (exact) mass is 369 g/mol. The second kappa shape index (κ2) is 8.42. The summed E-state index contributed by atoms with van der Waals surface area (Å²) in [4.78, 5) is 26.5. The average Bonchev–Trinajstić information content (AvgIpc) is 2.66. The van der Waals surface area contributed by atoms with Crippen LogP contribution in [0.4, 0.5) is 4.79 Å². The van der Waals surface area contributed by atoms with Crippen molar-refractivity contribution in [2.45, 2.75) is 92.2 Å². The van der Waals surface area contributed by atoms with E-state index < -0.39 is 23.5 Å². The Balaban J connectivity index is 3.18. The van der Waals surface area contributed by atoms with E-state index in [1.165, 1.54) is 0 Å². The molecule has 1 rings (SSSR count). The minimum absolute atomic E-state index is 0.218. The number of rotatable bonds is 5. The number of hydrogen-bond donors (Lipinski definition) is 0. The molecule has 2 unspecified atom stereocenters. The van der Waals surface area contributed by atoms with Crippen molar-refractivity contribution in [2.75, 3.05) is 6.61 Å². The van der Waals surface area contributed by atoms with E-state index in [1.54, 1.807) is 24.8 Å². The predicted molar refractivity (Wildman–Crippen MR) is 101 cm³/mol. The predicted octanol–water partition coefficient (Wildman–Crippen LogP) is 4.28. The molecule has 150 valence electrons. The van der Waals surface area contributed by atoms with Crippen LogP contribution in [-0.2, 0) is 19.0 Å². The maximum Gasteiger partial charge on any atom is 0.412 e. The molecule has 0 spiro atoms. The Bertz CT molecular complexity index is 545. The average molecular weight is 370 g/mol. The van der Waals surface area contributed by atoms with Crippen LogP contribution in [0.15, 0.2) is 11.6 Å². The molecule has 26 heavy (non-hydrogen) atoms. The van der Waals surface area contributed by atoms with Gasteiger partial charge in [0.2, 0.25) is 0 Å². The van der Waals surface area contributed by atoms with E-state index >= 15 is 0 Å². The first kappa shape index (κ1) is 22.5. The molecule has 0 aromatic heterocycles. The van der Waals surface area contributed by atoms with E-state index in [0.29, 0.717) is 18.1 Å². The van der Waals surface area contributed by atoms with Gasteiger partial charge >= 0.3 is 12.1 Å². The largest absolute Gasteiger partial charge is 0.463 e. The van der Waals surface area contributed by atoms with Crippen molar-refractivity contribution in [3.8, 4) is 0 Å². The molecule has 0 aromatic carbocycles. The van der Waals surface area contributed by atoms with Gasteiger partial charge in [0.25, 0.3) is 0 Å². The molecular weight excluding hydrogens is 334 g/mol. The van der Waals surface area contributed by atoms with Crippen molar-refractivity contribution in [3.63, 3.8) is 0 Å². The molecule has 1 aliphatic heterocycles. The molecule has 2 atom stereocenters. The zero-order valence-corrected chi connectivity index (χ0v) is 17.7. The molecule has 1 amide bonds. The van der Waals surface area contributed by atoms with Crippen LogP contribution in [0, 0.1) is 5.92 Å². The molecule has 1 heterocycles. The lowest BCUT2D eigenvalue weighted by molar-refractivity contribution is -0.138. The molecule has 0 aliphatic carbocycles. The highest BCUT2D eigenvalue weighted by atomic mass is 16.6. The molecular formula is C20H35NO5. The second-order valence-corrected chi connectivity index (χ2v) is 8.65. The van der Waals surface area contributed by atoms with Gasteiger partial charge in [0.05, 0.1) is 18.8 Å². The van der Waals surface area contributed by atoms with Crippen molar-refractivity contribution in [1.82, 2.24) is 4.90 Å². The summed E-state index contributed by atoms with van der Waals surface area (Å²) < 4.78 is 16.8. The fraction of sp³-hybridized carbons (Fsp3) is 0.800. The number of carbonyl (C=O) groups excluding carboxylic acids is 2. The third-order valence-corrected chi connectivity index (χ3v) is 4.03. The van der Waals surface area contributed by atoms with Crippen LogP contribution >= 0.6 is 0 Å². The van der Waals surface area contributed by atoms with Gasteiger partial charge in [-0.2, -0.15) is 0 Å². The van der Waals surface area contributed by atoms with Gasteiger partial charge < -0.3 is 14.2 Å². The quantitative estimate of drug-likeness (QED) is 0.534. The Kier molecular flexibility index (Phi) is 7.28. The highest BCUT2D eigenvalue weighted by Crippen LogP contribution is 2.37. The first-order valence-corrected chi connectivity index (χ1v) is 9.34. The Hall–Kier alpha value is -1.56. The van der Waals surface area contributed by atoms with Gasteiger partial charge in [0.15, 0.2) is 0 Å². The molecule has 0 bridgehead atoms. The van der Waals surface area contributed by atoms with Gasteiger partial charge in [-0.3, -0.25) is 4.90 Å². The highest BCUT2D eigenvalue weighted by Gasteiger charge is 2.50. The molecule has 6 nitrogen and oxygen atoms in total. The SMILES string of the molecule is CCOC(=O)C(C)=CC1OC(C)(C)N(C(=O)OC(C)(C)C)C1CC(C)C. The molecule has 0 radical (unpaired) electrons. The number of nitrogens with zero attached hydrogens (tertiary/aromatic N) is 1. The normalized spacial score (nSPS) is 23.3. The summed E-state index contributed by atoms with van der Waals surface area (Å²) in [5.41, 5.74) is -0.949. The zero-order chi connectivity index (χ0) is 20.3. The van der Waals surface area contributed by atoms with Gasteiger partial charge in [-0.15, -0.1) is 0 Å². The zero-order valence-electron chi connectivity index (χ0n) is 17.7. The van der Waals surface area contributed by atoms with Gasteiger partial charge in [-0.1, -0.05) is 13.8 Å². The number of ether oxygens (including phenoxy) is 3. The summed E-state index contributed by atoms with van der Waals surface area (Å²) in [6, 6.07) is -0.218. The van der Waals surface area contributed by atoms with Crippen molar-refractivity contribution >= 4 is 12.1 Å². The van der Waals surface area contributed by atoms with E-state index in [4.69, 9.17) is 14.2 Å². The first-order valence-electron chi connectivity index (χ1n) is 9.34. The maximum atomic E-state index is 12.8. The van der Waals surface area contributed by atoms with Crippen LogP contribution in [-0.4, -0.2) is 47.0 Å². The lowest BCUT2D eigenvalue weighted by Crippen LogP contribution is -2.50. The van der Waals surface area contributed by atoms with E-state index in [9.17, 15) is 9.59 Å². The summed E-state index contributed by atoms with van der Waals surface area (Å²) >= 11 is 0. The minimum atomic E-state index is -0.835. The van der Waals surface area contributed by atoms with E-state index in [1.807, 2.05) is 34.6 Å². The lowest BCUT2D eigenvalue weighted by Gasteiger charge is -2.35. The smallest absolute Gasteiger partial charge is 0.412 e. The van der Waals surface area contributed by atoms with Crippen LogP contribution in [0.1, 0.15) is 68.7 Å². The third-order valence-electron chi connectivity index (χ3n) is 4.03. The van der Waals surface area contributed by atoms with Crippen LogP contribution in [0.5, 0.6) is 0 Å². The van der Waals surface area contributed by atoms with Crippen LogP contribution in [0.25, 0.3) is 0 Å². The lowest BCUT2D eigenvalue weighted by atomic mass is 9.97. The van der Waals surface area contributed by atoms with Crippen molar-refractivity contribution in [2.24, 2.45) is 5.92 Å². The molecule has 0 aromatic rings. The maximum absolute atomic E-state index is 12.8. The van der Waals surface area contributed by atoms with Crippen LogP contribution in [0.2, 0.25) is 0 Å². The van der Waals surface area contributed by atoms with E-state index in [2.05, 4.69) is 13.8 Å². The summed E-state index contributed by atoms with van der Waals surface area (Å²) in [5, 5.41) is 0. The summed E-state index contributed by atoms with van der Waals surface area (Å²) in [6.07, 6.45) is 1.69.